The lowest BCUT2D eigenvalue weighted by Gasteiger charge is -2.28. The Kier molecular flexibility index (Phi) is 4.52. The number of hydrogen-bond acceptors (Lipinski definition) is 6. The summed E-state index contributed by atoms with van der Waals surface area (Å²) >= 11 is 3.50. The highest BCUT2D eigenvalue weighted by Gasteiger charge is 2.17. The van der Waals surface area contributed by atoms with Crippen molar-refractivity contribution in [1.29, 1.82) is 0 Å². The number of morpholine rings is 1. The molecule has 2 rings (SSSR count). The van der Waals surface area contributed by atoms with Gasteiger partial charge in [-0.25, -0.2) is 9.97 Å². The molecule has 0 amide bonds. The number of hydrogen-bond donors (Lipinski definition) is 2. The van der Waals surface area contributed by atoms with Crippen LogP contribution in [0.5, 0.6) is 0 Å². The maximum absolute atomic E-state index is 8.79. The van der Waals surface area contributed by atoms with Crippen LogP contribution in [0.4, 0.5) is 11.6 Å². The van der Waals surface area contributed by atoms with Crippen LogP contribution >= 0.6 is 15.9 Å². The number of anilines is 2. The van der Waals surface area contributed by atoms with Crippen molar-refractivity contribution in [3.05, 3.63) is 10.8 Å². The first kappa shape index (κ1) is 12.5. The van der Waals surface area contributed by atoms with Gasteiger partial charge in [0.05, 0.1) is 19.8 Å². The molecule has 17 heavy (non-hydrogen) atoms. The molecule has 1 aliphatic heterocycles. The SMILES string of the molecule is OCCNc1ncnc(N2CCOCC2)c1Br. The number of halogens is 1. The Hall–Kier alpha value is -0.920. The number of nitrogens with one attached hydrogen (secondary N) is 1. The quantitative estimate of drug-likeness (QED) is 0.843. The number of aliphatic hydroxyl groups is 1. The predicted molar refractivity (Wildman–Crippen MR) is 68.3 cm³/mol. The van der Waals surface area contributed by atoms with E-state index in [-0.39, 0.29) is 6.61 Å². The Bertz CT molecular complexity index is 371. The summed E-state index contributed by atoms with van der Waals surface area (Å²) in [5.74, 6) is 1.57. The van der Waals surface area contributed by atoms with Crippen molar-refractivity contribution in [2.24, 2.45) is 0 Å². The summed E-state index contributed by atoms with van der Waals surface area (Å²) in [5.41, 5.74) is 0. The molecule has 6 nitrogen and oxygen atoms in total. The molecule has 0 bridgehead atoms. The van der Waals surface area contributed by atoms with Crippen LogP contribution in [0, 0.1) is 0 Å². The van der Waals surface area contributed by atoms with Crippen LogP contribution in [0.25, 0.3) is 0 Å². The van der Waals surface area contributed by atoms with Crippen LogP contribution < -0.4 is 10.2 Å². The molecule has 2 heterocycles. The minimum Gasteiger partial charge on any atom is -0.395 e. The van der Waals surface area contributed by atoms with Gasteiger partial charge < -0.3 is 20.1 Å². The summed E-state index contributed by atoms with van der Waals surface area (Å²) in [6.45, 7) is 3.64. The van der Waals surface area contributed by atoms with E-state index in [4.69, 9.17) is 9.84 Å². The van der Waals surface area contributed by atoms with Crippen LogP contribution in [-0.4, -0.2) is 54.5 Å². The lowest BCUT2D eigenvalue weighted by atomic mass is 10.4. The summed E-state index contributed by atoms with van der Waals surface area (Å²) in [7, 11) is 0. The lowest BCUT2D eigenvalue weighted by molar-refractivity contribution is 0.122. The van der Waals surface area contributed by atoms with Crippen LogP contribution in [0.15, 0.2) is 10.8 Å². The highest BCUT2D eigenvalue weighted by molar-refractivity contribution is 9.10. The molecule has 2 N–H and O–H groups in total. The molecule has 0 atom stereocenters. The van der Waals surface area contributed by atoms with Gasteiger partial charge in [-0.1, -0.05) is 0 Å². The van der Waals surface area contributed by atoms with Crippen LogP contribution in [0.2, 0.25) is 0 Å². The van der Waals surface area contributed by atoms with Crippen molar-refractivity contribution in [3.8, 4) is 0 Å². The van der Waals surface area contributed by atoms with E-state index in [0.29, 0.717) is 12.4 Å². The largest absolute Gasteiger partial charge is 0.395 e. The number of aliphatic hydroxyl groups excluding tert-OH is 1. The molecule has 1 aromatic heterocycles. The molecular weight excluding hydrogens is 288 g/mol. The third-order valence-electron chi connectivity index (χ3n) is 2.49. The van der Waals surface area contributed by atoms with E-state index in [1.807, 2.05) is 0 Å². The third-order valence-corrected chi connectivity index (χ3v) is 3.22. The van der Waals surface area contributed by atoms with E-state index >= 15 is 0 Å². The second-order valence-corrected chi connectivity index (χ2v) is 4.40. The number of ether oxygens (including phenoxy) is 1. The van der Waals surface area contributed by atoms with Crippen LogP contribution in [0.1, 0.15) is 0 Å². The average molecular weight is 303 g/mol. The van der Waals surface area contributed by atoms with Gasteiger partial charge >= 0.3 is 0 Å². The van der Waals surface area contributed by atoms with E-state index in [1.165, 1.54) is 6.33 Å². The van der Waals surface area contributed by atoms with Gasteiger partial charge in [0, 0.05) is 19.6 Å². The zero-order valence-corrected chi connectivity index (χ0v) is 11.0. The Labute approximate surface area is 108 Å². The minimum absolute atomic E-state index is 0.0727. The fourth-order valence-corrected chi connectivity index (χ4v) is 2.25. The molecule has 1 fully saturated rings. The molecule has 0 aliphatic carbocycles. The highest BCUT2D eigenvalue weighted by atomic mass is 79.9. The summed E-state index contributed by atoms with van der Waals surface area (Å²) in [6.07, 6.45) is 1.52. The monoisotopic (exact) mass is 302 g/mol. The van der Waals surface area contributed by atoms with Crippen molar-refractivity contribution < 1.29 is 9.84 Å². The normalized spacial score (nSPS) is 16.0. The van der Waals surface area contributed by atoms with Gasteiger partial charge in [-0.15, -0.1) is 0 Å². The summed E-state index contributed by atoms with van der Waals surface area (Å²) in [4.78, 5) is 10.6. The van der Waals surface area contributed by atoms with Crippen molar-refractivity contribution in [1.82, 2.24) is 9.97 Å². The van der Waals surface area contributed by atoms with Crippen LogP contribution in [0.3, 0.4) is 0 Å². The summed E-state index contributed by atoms with van der Waals surface area (Å²) < 4.78 is 6.14. The first-order valence-electron chi connectivity index (χ1n) is 5.51. The maximum Gasteiger partial charge on any atom is 0.148 e. The molecule has 0 aromatic carbocycles. The first-order chi connectivity index (χ1) is 8.33. The molecular formula is C10H15BrN4O2. The van der Waals surface area contributed by atoms with Crippen molar-refractivity contribution in [3.63, 3.8) is 0 Å². The fourth-order valence-electron chi connectivity index (χ4n) is 1.65. The second-order valence-electron chi connectivity index (χ2n) is 3.61. The van der Waals surface area contributed by atoms with Gasteiger partial charge in [-0.3, -0.25) is 0 Å². The molecule has 1 saturated heterocycles. The van der Waals surface area contributed by atoms with Crippen molar-refractivity contribution in [2.45, 2.75) is 0 Å². The van der Waals surface area contributed by atoms with E-state index in [9.17, 15) is 0 Å². The Morgan fingerprint density at radius 2 is 2.18 bits per heavy atom. The van der Waals surface area contributed by atoms with E-state index in [0.717, 1.165) is 36.6 Å². The van der Waals surface area contributed by atoms with Gasteiger partial charge in [0.25, 0.3) is 0 Å². The molecule has 0 saturated carbocycles. The molecule has 1 aliphatic rings. The molecule has 0 unspecified atom stereocenters. The van der Waals surface area contributed by atoms with Gasteiger partial charge in [-0.2, -0.15) is 0 Å². The summed E-state index contributed by atoms with van der Waals surface area (Å²) in [5, 5.41) is 11.8. The number of nitrogens with zero attached hydrogens (tertiary/aromatic N) is 3. The van der Waals surface area contributed by atoms with E-state index in [2.05, 4.69) is 36.1 Å². The standard InChI is InChI=1S/C10H15BrN4O2/c11-8-9(12-1-4-16)13-7-14-10(8)15-2-5-17-6-3-15/h7,16H,1-6H2,(H,12,13,14). The molecule has 94 valence electrons. The highest BCUT2D eigenvalue weighted by Crippen LogP contribution is 2.29. The topological polar surface area (TPSA) is 70.5 Å². The van der Waals surface area contributed by atoms with Crippen LogP contribution in [-0.2, 0) is 4.74 Å². The third kappa shape index (κ3) is 3.05. The molecule has 0 spiro atoms. The zero-order chi connectivity index (χ0) is 12.1. The van der Waals surface area contributed by atoms with Gasteiger partial charge in [0.1, 0.15) is 22.4 Å². The maximum atomic E-state index is 8.79. The van der Waals surface area contributed by atoms with Gasteiger partial charge in [0.2, 0.25) is 0 Å². The molecule has 0 radical (unpaired) electrons. The minimum atomic E-state index is 0.0727. The Morgan fingerprint density at radius 3 is 2.88 bits per heavy atom. The van der Waals surface area contributed by atoms with Gasteiger partial charge in [0.15, 0.2) is 0 Å². The van der Waals surface area contributed by atoms with Gasteiger partial charge in [-0.05, 0) is 15.9 Å². The molecule has 7 heteroatoms. The second kappa shape index (κ2) is 6.13. The smallest absolute Gasteiger partial charge is 0.148 e. The Balaban J connectivity index is 2.15. The molecule has 1 aromatic rings. The van der Waals surface area contributed by atoms with E-state index in [1.54, 1.807) is 0 Å². The van der Waals surface area contributed by atoms with Crippen molar-refractivity contribution in [2.75, 3.05) is 49.7 Å². The predicted octanol–water partition coefficient (Wildman–Crippen LogP) is 0.480. The summed E-state index contributed by atoms with van der Waals surface area (Å²) in [6, 6.07) is 0. The number of rotatable bonds is 4. The van der Waals surface area contributed by atoms with E-state index < -0.39 is 0 Å². The van der Waals surface area contributed by atoms with Crippen molar-refractivity contribution >= 4 is 27.6 Å². The lowest BCUT2D eigenvalue weighted by Crippen LogP contribution is -2.37. The average Bonchev–Trinajstić information content (AvgIpc) is 2.39. The Morgan fingerprint density at radius 1 is 1.41 bits per heavy atom. The number of aromatic nitrogens is 2. The fraction of sp³-hybridized carbons (Fsp3) is 0.600. The zero-order valence-electron chi connectivity index (χ0n) is 9.40. The first-order valence-corrected chi connectivity index (χ1v) is 6.30.